The van der Waals surface area contributed by atoms with E-state index in [-0.39, 0.29) is 48.4 Å². The van der Waals surface area contributed by atoms with Gasteiger partial charge in [0.1, 0.15) is 17.1 Å². The van der Waals surface area contributed by atoms with Gasteiger partial charge in [-0.05, 0) is 49.3 Å². The Morgan fingerprint density at radius 3 is 2.60 bits per heavy atom. The SMILES string of the molecule is COc1c(N2CCCC(=C(F)CNC(=O)[C@@H](N)Cc3ccccc3)C2)c(F)cc2c(=O)c(C(=O)O)cn(C3CC3)c12.Cl. The zero-order valence-electron chi connectivity index (χ0n) is 23.1. The average Bonchev–Trinajstić information content (AvgIpc) is 3.81. The molecule has 1 saturated heterocycles. The Bertz CT molecular complexity index is 1590. The number of fused-ring (bicyclic) bond motifs is 1. The molecule has 1 aliphatic carbocycles. The fourth-order valence-electron chi connectivity index (χ4n) is 5.39. The van der Waals surface area contributed by atoms with Gasteiger partial charge >= 0.3 is 5.97 Å². The molecule has 1 atom stereocenters. The number of rotatable bonds is 9. The van der Waals surface area contributed by atoms with Gasteiger partial charge in [0.05, 0.1) is 30.6 Å². The summed E-state index contributed by atoms with van der Waals surface area (Å²) < 4.78 is 38.3. The molecule has 0 bridgehead atoms. The number of pyridine rings is 1. The minimum atomic E-state index is -1.39. The number of nitrogens with zero attached hydrogens (tertiary/aromatic N) is 2. The van der Waals surface area contributed by atoms with Crippen molar-refractivity contribution < 1.29 is 28.2 Å². The first-order valence-electron chi connectivity index (χ1n) is 13.6. The number of carboxylic acid groups (broad SMARTS) is 1. The topological polar surface area (TPSA) is 127 Å². The largest absolute Gasteiger partial charge is 0.492 e. The Balaban J connectivity index is 0.00000405. The van der Waals surface area contributed by atoms with Gasteiger partial charge in [0.2, 0.25) is 11.3 Å². The van der Waals surface area contributed by atoms with Crippen LogP contribution < -0.4 is 26.1 Å². The number of halogens is 3. The number of ether oxygens (including phenoxy) is 1. The maximum Gasteiger partial charge on any atom is 0.341 e. The molecule has 2 fully saturated rings. The van der Waals surface area contributed by atoms with E-state index in [1.54, 1.807) is 9.47 Å². The van der Waals surface area contributed by atoms with E-state index >= 15 is 8.78 Å². The smallest absolute Gasteiger partial charge is 0.341 e. The van der Waals surface area contributed by atoms with E-state index in [0.717, 1.165) is 24.5 Å². The predicted molar refractivity (Wildman–Crippen MR) is 158 cm³/mol. The maximum atomic E-state index is 15.7. The van der Waals surface area contributed by atoms with Crippen molar-refractivity contribution in [2.24, 2.45) is 5.73 Å². The van der Waals surface area contributed by atoms with Crippen LogP contribution >= 0.6 is 12.4 Å². The summed E-state index contributed by atoms with van der Waals surface area (Å²) >= 11 is 0. The maximum absolute atomic E-state index is 15.7. The molecule has 4 N–H and O–H groups in total. The summed E-state index contributed by atoms with van der Waals surface area (Å²) in [4.78, 5) is 38.8. The van der Waals surface area contributed by atoms with E-state index in [2.05, 4.69) is 5.32 Å². The molecule has 42 heavy (non-hydrogen) atoms. The summed E-state index contributed by atoms with van der Waals surface area (Å²) in [5.41, 5.74) is 6.49. The number of carbonyl (C=O) groups excluding carboxylic acids is 1. The summed E-state index contributed by atoms with van der Waals surface area (Å²) in [6.07, 6.45) is 4.14. The zero-order chi connectivity index (χ0) is 29.3. The van der Waals surface area contributed by atoms with Gasteiger partial charge in [-0.25, -0.2) is 13.6 Å². The molecule has 5 rings (SSSR count). The number of hydrogen-bond acceptors (Lipinski definition) is 6. The number of nitrogens with two attached hydrogens (primary N) is 1. The number of hydrogen-bond donors (Lipinski definition) is 3. The first kappa shape index (κ1) is 31.0. The van der Waals surface area contributed by atoms with Gasteiger partial charge < -0.3 is 30.4 Å². The van der Waals surface area contributed by atoms with Crippen molar-refractivity contribution in [1.82, 2.24) is 9.88 Å². The Labute approximate surface area is 247 Å². The Kier molecular flexibility index (Phi) is 9.53. The van der Waals surface area contributed by atoms with E-state index in [0.29, 0.717) is 36.9 Å². The number of aromatic carboxylic acids is 1. The highest BCUT2D eigenvalue weighted by atomic mass is 35.5. The molecular formula is C30H33ClF2N4O5. The third-order valence-electron chi connectivity index (χ3n) is 7.61. The number of anilines is 1. The summed E-state index contributed by atoms with van der Waals surface area (Å²) in [6, 6.07) is 9.47. The third-order valence-corrected chi connectivity index (χ3v) is 7.61. The number of methoxy groups -OCH3 is 1. The molecule has 224 valence electrons. The lowest BCUT2D eigenvalue weighted by Crippen LogP contribution is -2.42. The van der Waals surface area contributed by atoms with Crippen molar-refractivity contribution in [3.8, 4) is 5.75 Å². The van der Waals surface area contributed by atoms with Crippen molar-refractivity contribution in [2.45, 2.75) is 44.2 Å². The van der Waals surface area contributed by atoms with Crippen LogP contribution in [0.2, 0.25) is 0 Å². The van der Waals surface area contributed by atoms with Gasteiger partial charge in [0, 0.05) is 25.3 Å². The molecule has 2 aromatic carbocycles. The fraction of sp³-hybridized carbons (Fsp3) is 0.367. The van der Waals surface area contributed by atoms with Crippen LogP contribution in [0.25, 0.3) is 10.9 Å². The van der Waals surface area contributed by atoms with E-state index in [1.807, 2.05) is 30.3 Å². The number of carbonyl (C=O) groups is 2. The summed E-state index contributed by atoms with van der Waals surface area (Å²) in [5.74, 6) is -3.04. The van der Waals surface area contributed by atoms with Crippen LogP contribution in [0.1, 0.15) is 47.6 Å². The molecule has 1 amide bonds. The molecule has 0 spiro atoms. The lowest BCUT2D eigenvalue weighted by atomic mass is 10.0. The highest BCUT2D eigenvalue weighted by Crippen LogP contribution is 2.44. The molecular weight excluding hydrogens is 570 g/mol. The number of piperidine rings is 1. The lowest BCUT2D eigenvalue weighted by Gasteiger charge is -2.33. The van der Waals surface area contributed by atoms with Crippen LogP contribution in [0.4, 0.5) is 14.5 Å². The highest BCUT2D eigenvalue weighted by Gasteiger charge is 2.32. The van der Waals surface area contributed by atoms with Crippen LogP contribution in [0.15, 0.2) is 58.8 Å². The van der Waals surface area contributed by atoms with Crippen molar-refractivity contribution in [3.05, 3.63) is 81.2 Å². The number of amides is 1. The first-order chi connectivity index (χ1) is 19.7. The fourth-order valence-corrected chi connectivity index (χ4v) is 5.39. The molecule has 2 heterocycles. The minimum absolute atomic E-state index is 0. The molecule has 9 nitrogen and oxygen atoms in total. The second-order valence-electron chi connectivity index (χ2n) is 10.5. The van der Waals surface area contributed by atoms with E-state index < -0.39 is 40.6 Å². The number of benzene rings is 2. The van der Waals surface area contributed by atoms with Crippen LogP contribution in [-0.2, 0) is 11.2 Å². The van der Waals surface area contributed by atoms with Crippen molar-refractivity contribution in [2.75, 3.05) is 31.6 Å². The Morgan fingerprint density at radius 1 is 1.24 bits per heavy atom. The van der Waals surface area contributed by atoms with Gasteiger partial charge in [-0.1, -0.05) is 30.3 Å². The van der Waals surface area contributed by atoms with Crippen LogP contribution in [0.3, 0.4) is 0 Å². The Hall–Kier alpha value is -3.96. The van der Waals surface area contributed by atoms with Gasteiger partial charge in [0.25, 0.3) is 0 Å². The summed E-state index contributed by atoms with van der Waals surface area (Å²) in [5, 5.41) is 12.0. The zero-order valence-corrected chi connectivity index (χ0v) is 23.9. The first-order valence-corrected chi connectivity index (χ1v) is 13.6. The third kappa shape index (κ3) is 6.27. The van der Waals surface area contributed by atoms with E-state index in [1.165, 1.54) is 13.3 Å². The van der Waals surface area contributed by atoms with Crippen LogP contribution in [-0.4, -0.2) is 54.3 Å². The molecule has 1 aliphatic heterocycles. The number of nitrogens with one attached hydrogen (secondary N) is 1. The second kappa shape index (κ2) is 12.9. The van der Waals surface area contributed by atoms with E-state index in [9.17, 15) is 19.5 Å². The molecule has 1 saturated carbocycles. The summed E-state index contributed by atoms with van der Waals surface area (Å²) in [6.45, 7) is 0.128. The van der Waals surface area contributed by atoms with Crippen molar-refractivity contribution in [3.63, 3.8) is 0 Å². The van der Waals surface area contributed by atoms with Crippen molar-refractivity contribution in [1.29, 1.82) is 0 Å². The normalized spacial score (nSPS) is 16.9. The average molecular weight is 603 g/mol. The number of aromatic nitrogens is 1. The molecule has 0 radical (unpaired) electrons. The predicted octanol–water partition coefficient (Wildman–Crippen LogP) is 4.11. The van der Waals surface area contributed by atoms with Gasteiger partial charge in [-0.3, -0.25) is 9.59 Å². The molecule has 0 unspecified atom stereocenters. The molecule has 1 aromatic heterocycles. The molecule has 3 aromatic rings. The lowest BCUT2D eigenvalue weighted by molar-refractivity contribution is -0.122. The van der Waals surface area contributed by atoms with Crippen LogP contribution in [0, 0.1) is 5.82 Å². The molecule has 12 heteroatoms. The number of carboxylic acids is 1. The van der Waals surface area contributed by atoms with E-state index in [4.69, 9.17) is 10.5 Å². The van der Waals surface area contributed by atoms with Crippen molar-refractivity contribution >= 4 is 40.9 Å². The minimum Gasteiger partial charge on any atom is -0.492 e. The quantitative estimate of drug-likeness (QED) is 0.336. The van der Waals surface area contributed by atoms with Gasteiger partial charge in [0.15, 0.2) is 11.6 Å². The summed E-state index contributed by atoms with van der Waals surface area (Å²) in [7, 11) is 1.36. The monoisotopic (exact) mass is 602 g/mol. The molecule has 2 aliphatic rings. The van der Waals surface area contributed by atoms with Gasteiger partial charge in [-0.2, -0.15) is 0 Å². The van der Waals surface area contributed by atoms with Crippen LogP contribution in [0.5, 0.6) is 5.75 Å². The standard InChI is InChI=1S/C30H32F2N4O5.ClH/c1-41-28-25-20(27(37)21(30(39)40)16-36(25)19-9-10-19)13-22(31)26(28)35-11-5-8-18(15-35)23(32)14-34-29(38)24(33)12-17-6-3-2-4-7-17;/h2-4,6-7,13,16,19,24H,5,8-12,14-15,33H2,1H3,(H,34,38)(H,39,40);1H/t24-;/m0./s1. The Morgan fingerprint density at radius 2 is 1.95 bits per heavy atom. The second-order valence-corrected chi connectivity index (χ2v) is 10.5. The van der Waals surface area contributed by atoms with Gasteiger partial charge in [-0.15, -0.1) is 12.4 Å². The highest BCUT2D eigenvalue weighted by molar-refractivity contribution is 5.97.